The van der Waals surface area contributed by atoms with Crippen LogP contribution in [0.25, 0.3) is 0 Å². The molecule has 6 heteroatoms. The molecule has 0 aliphatic carbocycles. The molecule has 0 radical (unpaired) electrons. The van der Waals surface area contributed by atoms with Gasteiger partial charge in [0.15, 0.2) is 0 Å². The number of carbonyl (C=O) groups excluding carboxylic acids is 2. The van der Waals surface area contributed by atoms with Gasteiger partial charge in [-0.3, -0.25) is 9.59 Å². The van der Waals surface area contributed by atoms with Gasteiger partial charge in [0, 0.05) is 23.5 Å². The fraction of sp³-hybridized carbons (Fsp3) is 0.579. The minimum atomic E-state index is -0.231. The summed E-state index contributed by atoms with van der Waals surface area (Å²) in [6.45, 7) is 1.83. The Morgan fingerprint density at radius 3 is 1.92 bits per heavy atom. The normalized spacial score (nSPS) is 10.5. The maximum atomic E-state index is 11.8. The van der Waals surface area contributed by atoms with Crippen molar-refractivity contribution in [3.63, 3.8) is 0 Å². The van der Waals surface area contributed by atoms with Crippen molar-refractivity contribution in [3.8, 4) is 11.5 Å². The lowest BCUT2D eigenvalue weighted by molar-refractivity contribution is -0.135. The zero-order valence-electron chi connectivity index (χ0n) is 14.7. The van der Waals surface area contributed by atoms with Crippen molar-refractivity contribution in [1.82, 2.24) is 0 Å². The summed E-state index contributed by atoms with van der Waals surface area (Å²) < 4.78 is 10.7. The number of aryl methyl sites for hydroxylation is 1. The standard InChI is InChI=1S/C19H26Br2O4/c1-15-14-16(24-18(22)8-4-2-6-12-20)10-11-17(15)25-19(23)9-5-3-7-13-21/h10-11,14H,2-9,12-13H2,1H3. The highest BCUT2D eigenvalue weighted by molar-refractivity contribution is 9.09. The van der Waals surface area contributed by atoms with Crippen LogP contribution < -0.4 is 9.47 Å². The van der Waals surface area contributed by atoms with Gasteiger partial charge in [0.1, 0.15) is 11.5 Å². The Hall–Kier alpha value is -0.880. The van der Waals surface area contributed by atoms with Gasteiger partial charge in [-0.2, -0.15) is 0 Å². The van der Waals surface area contributed by atoms with Crippen LogP contribution in [0.1, 0.15) is 56.9 Å². The van der Waals surface area contributed by atoms with Crippen molar-refractivity contribution in [3.05, 3.63) is 23.8 Å². The number of halogens is 2. The Balaban J connectivity index is 2.42. The summed E-state index contributed by atoms with van der Waals surface area (Å²) in [7, 11) is 0. The number of rotatable bonds is 12. The van der Waals surface area contributed by atoms with E-state index in [4.69, 9.17) is 9.47 Å². The van der Waals surface area contributed by atoms with Crippen molar-refractivity contribution < 1.29 is 19.1 Å². The van der Waals surface area contributed by atoms with E-state index in [0.29, 0.717) is 24.3 Å². The Morgan fingerprint density at radius 2 is 1.40 bits per heavy atom. The van der Waals surface area contributed by atoms with Crippen LogP contribution in [0.2, 0.25) is 0 Å². The minimum absolute atomic E-state index is 0.228. The molecule has 140 valence electrons. The lowest BCUT2D eigenvalue weighted by atomic mass is 10.2. The molecule has 0 N–H and O–H groups in total. The summed E-state index contributed by atoms with van der Waals surface area (Å²) in [6, 6.07) is 5.07. The fourth-order valence-electron chi connectivity index (χ4n) is 2.24. The van der Waals surface area contributed by atoms with Gasteiger partial charge in [-0.05, 0) is 56.4 Å². The van der Waals surface area contributed by atoms with E-state index >= 15 is 0 Å². The first-order chi connectivity index (χ1) is 12.1. The lowest BCUT2D eigenvalue weighted by Gasteiger charge is -2.10. The summed E-state index contributed by atoms with van der Waals surface area (Å²) in [5, 5.41) is 1.91. The molecule has 25 heavy (non-hydrogen) atoms. The Morgan fingerprint density at radius 1 is 0.840 bits per heavy atom. The Bertz CT molecular complexity index is 546. The summed E-state index contributed by atoms with van der Waals surface area (Å²) in [6.07, 6.45) is 6.61. The summed E-state index contributed by atoms with van der Waals surface area (Å²) in [4.78, 5) is 23.6. The van der Waals surface area contributed by atoms with E-state index in [-0.39, 0.29) is 11.9 Å². The predicted molar refractivity (Wildman–Crippen MR) is 107 cm³/mol. The number of ether oxygens (including phenoxy) is 2. The molecule has 0 spiro atoms. The molecular formula is C19H26Br2O4. The lowest BCUT2D eigenvalue weighted by Crippen LogP contribution is -2.10. The van der Waals surface area contributed by atoms with E-state index in [1.165, 1.54) is 0 Å². The zero-order chi connectivity index (χ0) is 18.5. The number of unbranched alkanes of at least 4 members (excludes halogenated alkanes) is 4. The second-order valence-corrected chi connectivity index (χ2v) is 7.46. The van der Waals surface area contributed by atoms with Crippen LogP contribution in [0.3, 0.4) is 0 Å². The number of esters is 2. The molecule has 1 aromatic rings. The van der Waals surface area contributed by atoms with Crippen molar-refractivity contribution in [1.29, 1.82) is 0 Å². The minimum Gasteiger partial charge on any atom is -0.427 e. The van der Waals surface area contributed by atoms with Gasteiger partial charge in [-0.15, -0.1) is 0 Å². The third-order valence-corrected chi connectivity index (χ3v) is 4.75. The van der Waals surface area contributed by atoms with Gasteiger partial charge in [-0.1, -0.05) is 44.7 Å². The maximum Gasteiger partial charge on any atom is 0.311 e. The van der Waals surface area contributed by atoms with E-state index in [0.717, 1.165) is 54.7 Å². The molecule has 0 fully saturated rings. The maximum absolute atomic E-state index is 11.8. The van der Waals surface area contributed by atoms with Crippen molar-refractivity contribution in [2.75, 3.05) is 10.7 Å². The molecule has 0 aliphatic heterocycles. The van der Waals surface area contributed by atoms with Crippen LogP contribution in [0, 0.1) is 6.92 Å². The molecule has 0 aliphatic rings. The van der Waals surface area contributed by atoms with Crippen LogP contribution >= 0.6 is 31.9 Å². The number of carbonyl (C=O) groups is 2. The van der Waals surface area contributed by atoms with E-state index in [9.17, 15) is 9.59 Å². The molecule has 0 unspecified atom stereocenters. The van der Waals surface area contributed by atoms with E-state index < -0.39 is 0 Å². The second-order valence-electron chi connectivity index (χ2n) is 5.87. The van der Waals surface area contributed by atoms with Crippen LogP contribution in [0.5, 0.6) is 11.5 Å². The smallest absolute Gasteiger partial charge is 0.311 e. The van der Waals surface area contributed by atoms with Crippen molar-refractivity contribution >= 4 is 43.8 Å². The number of alkyl halides is 2. The van der Waals surface area contributed by atoms with Gasteiger partial charge in [-0.25, -0.2) is 0 Å². The Kier molecular flexibility index (Phi) is 11.8. The van der Waals surface area contributed by atoms with Crippen LogP contribution in [0.4, 0.5) is 0 Å². The average Bonchev–Trinajstić information content (AvgIpc) is 2.58. The monoisotopic (exact) mass is 476 g/mol. The molecule has 0 atom stereocenters. The highest BCUT2D eigenvalue weighted by Crippen LogP contribution is 2.24. The average molecular weight is 478 g/mol. The first-order valence-corrected chi connectivity index (χ1v) is 10.9. The van der Waals surface area contributed by atoms with Crippen molar-refractivity contribution in [2.24, 2.45) is 0 Å². The van der Waals surface area contributed by atoms with Gasteiger partial charge in [0.2, 0.25) is 0 Å². The zero-order valence-corrected chi connectivity index (χ0v) is 17.9. The van der Waals surface area contributed by atoms with Gasteiger partial charge >= 0.3 is 11.9 Å². The molecule has 1 rings (SSSR count). The molecule has 0 heterocycles. The van der Waals surface area contributed by atoms with Crippen LogP contribution in [-0.2, 0) is 9.59 Å². The van der Waals surface area contributed by atoms with Crippen LogP contribution in [-0.4, -0.2) is 22.6 Å². The van der Waals surface area contributed by atoms with Gasteiger partial charge < -0.3 is 9.47 Å². The molecule has 0 saturated heterocycles. The molecule has 4 nitrogen and oxygen atoms in total. The predicted octanol–water partition coefficient (Wildman–Crippen LogP) is 5.72. The van der Waals surface area contributed by atoms with Crippen LogP contribution in [0.15, 0.2) is 18.2 Å². The third-order valence-electron chi connectivity index (χ3n) is 3.63. The Labute approximate surface area is 166 Å². The van der Waals surface area contributed by atoms with E-state index in [1.54, 1.807) is 18.2 Å². The fourth-order valence-corrected chi connectivity index (χ4v) is 3.03. The highest BCUT2D eigenvalue weighted by Gasteiger charge is 2.10. The number of hydrogen-bond acceptors (Lipinski definition) is 4. The summed E-state index contributed by atoms with van der Waals surface area (Å²) >= 11 is 6.74. The molecule has 0 amide bonds. The van der Waals surface area contributed by atoms with E-state index in [2.05, 4.69) is 31.9 Å². The van der Waals surface area contributed by atoms with Gasteiger partial charge in [0.25, 0.3) is 0 Å². The highest BCUT2D eigenvalue weighted by atomic mass is 79.9. The topological polar surface area (TPSA) is 52.6 Å². The molecule has 1 aromatic carbocycles. The quantitative estimate of drug-likeness (QED) is 0.167. The molecule has 0 bridgehead atoms. The first-order valence-electron chi connectivity index (χ1n) is 8.70. The molecule has 0 saturated carbocycles. The summed E-state index contributed by atoms with van der Waals surface area (Å²) in [5.74, 6) is 0.544. The molecular weight excluding hydrogens is 452 g/mol. The SMILES string of the molecule is Cc1cc(OC(=O)CCCCCBr)ccc1OC(=O)CCCCCBr. The molecule has 0 aromatic heterocycles. The summed E-state index contributed by atoms with van der Waals surface area (Å²) in [5.41, 5.74) is 0.776. The van der Waals surface area contributed by atoms with Crippen molar-refractivity contribution in [2.45, 2.75) is 58.3 Å². The first kappa shape index (κ1) is 22.2. The largest absolute Gasteiger partial charge is 0.427 e. The number of benzene rings is 1. The van der Waals surface area contributed by atoms with Gasteiger partial charge in [0.05, 0.1) is 0 Å². The van der Waals surface area contributed by atoms with E-state index in [1.807, 2.05) is 6.92 Å². The number of hydrogen-bond donors (Lipinski definition) is 0. The second kappa shape index (κ2) is 13.3. The third kappa shape index (κ3) is 10.00.